The summed E-state index contributed by atoms with van der Waals surface area (Å²) in [5.41, 5.74) is 0.863. The van der Waals surface area contributed by atoms with Gasteiger partial charge in [-0.1, -0.05) is 34.9 Å². The highest BCUT2D eigenvalue weighted by atomic mass is 16.6. The number of carboxylic acid groups (broad SMARTS) is 1. The van der Waals surface area contributed by atoms with Gasteiger partial charge in [0, 0.05) is 12.0 Å². The zero-order valence-corrected chi connectivity index (χ0v) is 21.9. The average molecular weight is 503 g/mol. The van der Waals surface area contributed by atoms with Crippen molar-refractivity contribution in [3.05, 3.63) is 46.6 Å². The fraction of sp³-hybridized carbons (Fsp3) is 0.571. The van der Waals surface area contributed by atoms with E-state index < -0.39 is 54.5 Å². The number of carbonyl (C=O) groups is 4. The molecule has 2 aliphatic rings. The maximum absolute atomic E-state index is 12.7. The van der Waals surface area contributed by atoms with Crippen molar-refractivity contribution in [2.75, 3.05) is 6.61 Å². The first kappa shape index (κ1) is 29.4. The third kappa shape index (κ3) is 8.68. The Kier molecular flexibility index (Phi) is 10.1. The first-order valence-corrected chi connectivity index (χ1v) is 12.3. The van der Waals surface area contributed by atoms with Gasteiger partial charge in [0.2, 0.25) is 0 Å². The van der Waals surface area contributed by atoms with Gasteiger partial charge in [-0.05, 0) is 66.4 Å². The molecule has 8 heteroatoms. The van der Waals surface area contributed by atoms with Gasteiger partial charge >= 0.3 is 11.9 Å². The largest absolute Gasteiger partial charge is 0.481 e. The monoisotopic (exact) mass is 502 g/mol. The lowest BCUT2D eigenvalue weighted by Gasteiger charge is -2.20. The highest BCUT2D eigenvalue weighted by Gasteiger charge is 2.66. The minimum absolute atomic E-state index is 0.0266. The van der Waals surface area contributed by atoms with E-state index in [1.165, 1.54) is 18.1 Å². The van der Waals surface area contributed by atoms with Crippen molar-refractivity contribution in [2.45, 2.75) is 96.9 Å². The molecule has 0 bridgehead atoms. The summed E-state index contributed by atoms with van der Waals surface area (Å²) < 4.78 is 10.6. The van der Waals surface area contributed by atoms with E-state index in [2.05, 4.69) is 32.9 Å². The SMILES string of the molecule is CC(C)=CCC/C(C)=C/CC/C(C)=C/CC12O[C@@H]1C(=O)C(COC(=O)CC(C)(O)CC(=O)O)=CC2=O. The standard InChI is InChI=1S/C28H38O8/c1-18(2)8-6-9-19(3)10-7-11-20(4)12-13-28-22(29)14-21(25(33)26(28)36-28)17-35-24(32)16-27(5,34)15-23(30)31/h8,10,12,14,26,34H,6-7,9,11,13,15-17H2,1-5H3,(H,30,31)/b19-10+,20-12+/t26-,27?,28?/m1/s1. The van der Waals surface area contributed by atoms with Crippen LogP contribution in [0.3, 0.4) is 0 Å². The lowest BCUT2D eigenvalue weighted by molar-refractivity contribution is -0.151. The van der Waals surface area contributed by atoms with E-state index in [1.807, 2.05) is 13.0 Å². The fourth-order valence-corrected chi connectivity index (χ4v) is 4.09. The molecule has 2 N–H and O–H groups in total. The Hall–Kier alpha value is -2.84. The van der Waals surface area contributed by atoms with Crippen LogP contribution in [0.1, 0.15) is 79.6 Å². The quantitative estimate of drug-likeness (QED) is 0.206. The van der Waals surface area contributed by atoms with E-state index in [9.17, 15) is 24.3 Å². The number of rotatable bonds is 14. The molecule has 1 aliphatic carbocycles. The van der Waals surface area contributed by atoms with Gasteiger partial charge < -0.3 is 19.7 Å². The van der Waals surface area contributed by atoms with Gasteiger partial charge in [-0.3, -0.25) is 19.2 Å². The highest BCUT2D eigenvalue weighted by molar-refractivity contribution is 6.18. The Morgan fingerprint density at radius 2 is 1.67 bits per heavy atom. The molecule has 2 rings (SSSR count). The molecule has 0 amide bonds. The Morgan fingerprint density at radius 1 is 1.06 bits per heavy atom. The van der Waals surface area contributed by atoms with Gasteiger partial charge in [-0.25, -0.2) is 0 Å². The second-order valence-electron chi connectivity index (χ2n) is 10.4. The van der Waals surface area contributed by atoms with Crippen molar-refractivity contribution in [1.82, 2.24) is 0 Å². The van der Waals surface area contributed by atoms with Crippen molar-refractivity contribution in [2.24, 2.45) is 0 Å². The third-order valence-electron chi connectivity index (χ3n) is 6.29. The van der Waals surface area contributed by atoms with Crippen molar-refractivity contribution < 1.29 is 38.9 Å². The summed E-state index contributed by atoms with van der Waals surface area (Å²) in [4.78, 5) is 48.1. The van der Waals surface area contributed by atoms with E-state index >= 15 is 0 Å². The molecule has 1 fully saturated rings. The van der Waals surface area contributed by atoms with Gasteiger partial charge in [0.15, 0.2) is 23.3 Å². The fourth-order valence-electron chi connectivity index (χ4n) is 4.09. The topological polar surface area (TPSA) is 130 Å². The molecule has 0 aromatic rings. The zero-order chi connectivity index (χ0) is 27.1. The Labute approximate surface area is 212 Å². The van der Waals surface area contributed by atoms with Crippen molar-refractivity contribution in [1.29, 1.82) is 0 Å². The number of hydrogen-bond donors (Lipinski definition) is 2. The number of ether oxygens (including phenoxy) is 2. The predicted molar refractivity (Wildman–Crippen MR) is 134 cm³/mol. The molecule has 2 unspecified atom stereocenters. The summed E-state index contributed by atoms with van der Waals surface area (Å²) in [5, 5.41) is 18.7. The zero-order valence-electron chi connectivity index (χ0n) is 21.9. The second kappa shape index (κ2) is 12.4. The summed E-state index contributed by atoms with van der Waals surface area (Å²) in [6.45, 7) is 9.09. The van der Waals surface area contributed by atoms with Gasteiger partial charge in [-0.2, -0.15) is 0 Å². The number of carbonyl (C=O) groups excluding carboxylic acids is 3. The van der Waals surface area contributed by atoms with Crippen LogP contribution < -0.4 is 0 Å². The van der Waals surface area contributed by atoms with Crippen LogP contribution in [0.2, 0.25) is 0 Å². The summed E-state index contributed by atoms with van der Waals surface area (Å²) >= 11 is 0. The van der Waals surface area contributed by atoms with Crippen LogP contribution in [0.15, 0.2) is 46.6 Å². The average Bonchev–Trinajstić information content (AvgIpc) is 3.49. The van der Waals surface area contributed by atoms with Crippen LogP contribution in [-0.2, 0) is 28.7 Å². The molecule has 198 valence electrons. The molecule has 1 aliphatic heterocycles. The highest BCUT2D eigenvalue weighted by Crippen LogP contribution is 2.46. The molecule has 0 aromatic carbocycles. The minimum Gasteiger partial charge on any atom is -0.481 e. The maximum atomic E-state index is 12.7. The number of Topliss-reactive ketones (excluding diaryl/α,β-unsaturated/α-hetero) is 1. The van der Waals surface area contributed by atoms with E-state index in [4.69, 9.17) is 14.6 Å². The Bertz CT molecular complexity index is 1010. The second-order valence-corrected chi connectivity index (χ2v) is 10.4. The molecule has 0 spiro atoms. The summed E-state index contributed by atoms with van der Waals surface area (Å²) in [7, 11) is 0. The molecule has 3 atom stereocenters. The van der Waals surface area contributed by atoms with Crippen molar-refractivity contribution in [3.63, 3.8) is 0 Å². The molecule has 1 heterocycles. The summed E-state index contributed by atoms with van der Waals surface area (Å²) in [6.07, 6.45) is 9.65. The smallest absolute Gasteiger partial charge is 0.309 e. The molecule has 0 aromatic heterocycles. The lowest BCUT2D eigenvalue weighted by atomic mass is 9.85. The van der Waals surface area contributed by atoms with Gasteiger partial charge in [-0.15, -0.1) is 0 Å². The predicted octanol–water partition coefficient (Wildman–Crippen LogP) is 4.17. The maximum Gasteiger partial charge on any atom is 0.309 e. The van der Waals surface area contributed by atoms with Gasteiger partial charge in [0.05, 0.1) is 18.4 Å². The van der Waals surface area contributed by atoms with Crippen molar-refractivity contribution in [3.8, 4) is 0 Å². The van der Waals surface area contributed by atoms with Gasteiger partial charge in [0.25, 0.3) is 0 Å². The molecule has 0 saturated carbocycles. The number of epoxide rings is 1. The van der Waals surface area contributed by atoms with Crippen LogP contribution in [0.5, 0.6) is 0 Å². The first-order valence-electron chi connectivity index (χ1n) is 12.3. The van der Waals surface area contributed by atoms with Crippen LogP contribution in [0.4, 0.5) is 0 Å². The van der Waals surface area contributed by atoms with Crippen LogP contribution in [0, 0.1) is 0 Å². The molecule has 1 saturated heterocycles. The lowest BCUT2D eigenvalue weighted by Crippen LogP contribution is -2.36. The Morgan fingerprint density at radius 3 is 2.28 bits per heavy atom. The first-order chi connectivity index (χ1) is 16.8. The number of fused-ring (bicyclic) bond motifs is 1. The number of ketones is 2. The number of esters is 1. The Balaban J connectivity index is 1.86. The molecule has 8 nitrogen and oxygen atoms in total. The molecular weight excluding hydrogens is 464 g/mol. The van der Waals surface area contributed by atoms with E-state index in [1.54, 1.807) is 0 Å². The van der Waals surface area contributed by atoms with E-state index in [-0.39, 0.29) is 11.4 Å². The number of aliphatic hydroxyl groups is 1. The minimum atomic E-state index is -1.78. The van der Waals surface area contributed by atoms with E-state index in [0.29, 0.717) is 6.42 Å². The molecular formula is C28H38O8. The third-order valence-corrected chi connectivity index (χ3v) is 6.29. The number of aliphatic carboxylic acids is 1. The number of carboxylic acids is 1. The number of hydrogen-bond acceptors (Lipinski definition) is 7. The van der Waals surface area contributed by atoms with Crippen LogP contribution in [-0.4, -0.2) is 57.6 Å². The number of allylic oxidation sites excluding steroid dienone is 5. The molecule has 36 heavy (non-hydrogen) atoms. The van der Waals surface area contributed by atoms with Crippen LogP contribution in [0.25, 0.3) is 0 Å². The summed E-state index contributed by atoms with van der Waals surface area (Å²) in [6, 6.07) is 0. The summed E-state index contributed by atoms with van der Waals surface area (Å²) in [5.74, 6) is -2.86. The van der Waals surface area contributed by atoms with Crippen LogP contribution >= 0.6 is 0 Å². The van der Waals surface area contributed by atoms with Gasteiger partial charge in [0.1, 0.15) is 6.61 Å². The normalized spacial score (nSPS) is 23.4. The van der Waals surface area contributed by atoms with E-state index in [0.717, 1.165) is 37.3 Å². The van der Waals surface area contributed by atoms with Crippen molar-refractivity contribution >= 4 is 23.5 Å². The molecule has 0 radical (unpaired) electrons.